The van der Waals surface area contributed by atoms with Gasteiger partial charge in [-0.25, -0.2) is 0 Å². The Bertz CT molecular complexity index is 339. The molecule has 0 heterocycles. The van der Waals surface area contributed by atoms with Gasteiger partial charge < -0.3 is 10.5 Å². The highest BCUT2D eigenvalue weighted by Crippen LogP contribution is 2.21. The Balaban J connectivity index is 2.62. The number of benzene rings is 1. The van der Waals surface area contributed by atoms with Crippen molar-refractivity contribution in [2.45, 2.75) is 33.2 Å². The maximum atomic E-state index is 5.86. The molecule has 0 fully saturated rings. The van der Waals surface area contributed by atoms with Crippen LogP contribution in [0.15, 0.2) is 18.2 Å². The van der Waals surface area contributed by atoms with Crippen LogP contribution in [0.5, 0.6) is 5.75 Å². The highest BCUT2D eigenvalue weighted by Gasteiger charge is 2.06. The Labute approximate surface area is 109 Å². The standard InChI is InChI=1S/C14H23NOS/c1-4-17-8-7-16-14-6-5-11(2)9-13(14)10-12(3)15/h5-6,9,12H,4,7-8,10,15H2,1-3H3. The van der Waals surface area contributed by atoms with Crippen LogP contribution in [0.3, 0.4) is 0 Å². The molecule has 2 N–H and O–H groups in total. The van der Waals surface area contributed by atoms with Crippen molar-refractivity contribution < 1.29 is 4.74 Å². The lowest BCUT2D eigenvalue weighted by Gasteiger charge is -2.13. The maximum absolute atomic E-state index is 5.86. The first-order valence-corrected chi connectivity index (χ1v) is 7.34. The molecular formula is C14H23NOS. The molecule has 0 amide bonds. The molecule has 1 aromatic carbocycles. The summed E-state index contributed by atoms with van der Waals surface area (Å²) in [7, 11) is 0. The van der Waals surface area contributed by atoms with E-state index >= 15 is 0 Å². The zero-order valence-electron chi connectivity index (χ0n) is 11.0. The van der Waals surface area contributed by atoms with Crippen molar-refractivity contribution in [3.05, 3.63) is 29.3 Å². The minimum absolute atomic E-state index is 0.171. The SMILES string of the molecule is CCSCCOc1ccc(C)cc1CC(C)N. The van der Waals surface area contributed by atoms with E-state index in [0.29, 0.717) is 0 Å². The van der Waals surface area contributed by atoms with Gasteiger partial charge in [-0.3, -0.25) is 0 Å². The molecule has 0 radical (unpaired) electrons. The lowest BCUT2D eigenvalue weighted by molar-refractivity contribution is 0.339. The second-order valence-corrected chi connectivity index (χ2v) is 5.73. The van der Waals surface area contributed by atoms with Crippen molar-refractivity contribution in [2.75, 3.05) is 18.1 Å². The zero-order chi connectivity index (χ0) is 12.7. The monoisotopic (exact) mass is 253 g/mol. The largest absolute Gasteiger partial charge is 0.492 e. The molecule has 0 bridgehead atoms. The van der Waals surface area contributed by atoms with E-state index < -0.39 is 0 Å². The summed E-state index contributed by atoms with van der Waals surface area (Å²) in [5.41, 5.74) is 8.34. The van der Waals surface area contributed by atoms with Gasteiger partial charge in [0.25, 0.3) is 0 Å². The fourth-order valence-corrected chi connectivity index (χ4v) is 2.20. The number of thioether (sulfide) groups is 1. The molecule has 0 spiro atoms. The van der Waals surface area contributed by atoms with Gasteiger partial charge in [-0.1, -0.05) is 24.6 Å². The fraction of sp³-hybridized carbons (Fsp3) is 0.571. The summed E-state index contributed by atoms with van der Waals surface area (Å²) in [6.07, 6.45) is 0.873. The number of aryl methyl sites for hydroxylation is 1. The van der Waals surface area contributed by atoms with Crippen LogP contribution in [0.2, 0.25) is 0 Å². The van der Waals surface area contributed by atoms with Crippen molar-refractivity contribution in [2.24, 2.45) is 5.73 Å². The topological polar surface area (TPSA) is 35.2 Å². The Morgan fingerprint density at radius 1 is 1.41 bits per heavy atom. The van der Waals surface area contributed by atoms with Crippen molar-refractivity contribution in [1.82, 2.24) is 0 Å². The van der Waals surface area contributed by atoms with E-state index in [1.165, 1.54) is 11.1 Å². The molecule has 1 unspecified atom stereocenters. The number of rotatable bonds is 7. The molecule has 0 saturated carbocycles. The Morgan fingerprint density at radius 3 is 2.82 bits per heavy atom. The quantitative estimate of drug-likeness (QED) is 0.759. The minimum atomic E-state index is 0.171. The van der Waals surface area contributed by atoms with Crippen LogP contribution in [0.25, 0.3) is 0 Å². The number of ether oxygens (including phenoxy) is 1. The molecule has 3 heteroatoms. The van der Waals surface area contributed by atoms with Gasteiger partial charge in [0.2, 0.25) is 0 Å². The van der Waals surface area contributed by atoms with Crippen LogP contribution in [0, 0.1) is 6.92 Å². The van der Waals surface area contributed by atoms with E-state index in [0.717, 1.165) is 30.3 Å². The summed E-state index contributed by atoms with van der Waals surface area (Å²) in [5.74, 6) is 3.18. The third-order valence-electron chi connectivity index (χ3n) is 2.45. The van der Waals surface area contributed by atoms with E-state index in [1.807, 2.05) is 18.7 Å². The normalized spacial score (nSPS) is 12.5. The van der Waals surface area contributed by atoms with Gasteiger partial charge in [0, 0.05) is 11.8 Å². The highest BCUT2D eigenvalue weighted by molar-refractivity contribution is 7.99. The Hall–Kier alpha value is -0.670. The van der Waals surface area contributed by atoms with Gasteiger partial charge in [-0.2, -0.15) is 11.8 Å². The van der Waals surface area contributed by atoms with Crippen LogP contribution in [-0.2, 0) is 6.42 Å². The zero-order valence-corrected chi connectivity index (χ0v) is 11.8. The molecule has 96 valence electrons. The summed E-state index contributed by atoms with van der Waals surface area (Å²) < 4.78 is 5.82. The van der Waals surface area contributed by atoms with Gasteiger partial charge in [-0.05, 0) is 37.7 Å². The molecule has 1 atom stereocenters. The Kier molecular flexibility index (Phi) is 6.45. The first kappa shape index (κ1) is 14.4. The van der Waals surface area contributed by atoms with Gasteiger partial charge in [0.15, 0.2) is 0 Å². The number of nitrogens with two attached hydrogens (primary N) is 1. The second-order valence-electron chi connectivity index (χ2n) is 4.34. The fourth-order valence-electron chi connectivity index (χ4n) is 1.71. The lowest BCUT2D eigenvalue weighted by Crippen LogP contribution is -2.18. The van der Waals surface area contributed by atoms with E-state index in [1.54, 1.807) is 0 Å². The molecule has 0 aliphatic heterocycles. The van der Waals surface area contributed by atoms with Crippen LogP contribution in [0.1, 0.15) is 25.0 Å². The third-order valence-corrected chi connectivity index (χ3v) is 3.31. The van der Waals surface area contributed by atoms with Crippen molar-refractivity contribution in [3.8, 4) is 5.75 Å². The van der Waals surface area contributed by atoms with E-state index in [2.05, 4.69) is 32.0 Å². The number of hydrogen-bond donors (Lipinski definition) is 1. The van der Waals surface area contributed by atoms with E-state index in [-0.39, 0.29) is 6.04 Å². The van der Waals surface area contributed by atoms with Crippen molar-refractivity contribution in [3.63, 3.8) is 0 Å². The molecule has 0 aliphatic rings. The van der Waals surface area contributed by atoms with Crippen LogP contribution < -0.4 is 10.5 Å². The van der Waals surface area contributed by atoms with Gasteiger partial charge in [-0.15, -0.1) is 0 Å². The molecule has 0 saturated heterocycles. The predicted molar refractivity (Wildman–Crippen MR) is 77.0 cm³/mol. The van der Waals surface area contributed by atoms with Crippen LogP contribution in [-0.4, -0.2) is 24.2 Å². The van der Waals surface area contributed by atoms with Crippen molar-refractivity contribution in [1.29, 1.82) is 0 Å². The molecular weight excluding hydrogens is 230 g/mol. The number of hydrogen-bond acceptors (Lipinski definition) is 3. The molecule has 17 heavy (non-hydrogen) atoms. The van der Waals surface area contributed by atoms with Gasteiger partial charge in [0.1, 0.15) is 5.75 Å². The van der Waals surface area contributed by atoms with E-state index in [4.69, 9.17) is 10.5 Å². The summed E-state index contributed by atoms with van der Waals surface area (Å²) in [6, 6.07) is 6.49. The molecule has 1 rings (SSSR count). The smallest absolute Gasteiger partial charge is 0.122 e. The molecule has 1 aromatic rings. The first-order chi connectivity index (χ1) is 8.13. The average molecular weight is 253 g/mol. The summed E-state index contributed by atoms with van der Waals surface area (Å²) in [5, 5.41) is 0. The second kappa shape index (κ2) is 7.62. The van der Waals surface area contributed by atoms with Gasteiger partial charge >= 0.3 is 0 Å². The van der Waals surface area contributed by atoms with Crippen LogP contribution >= 0.6 is 11.8 Å². The maximum Gasteiger partial charge on any atom is 0.122 e. The summed E-state index contributed by atoms with van der Waals surface area (Å²) in [4.78, 5) is 0. The lowest BCUT2D eigenvalue weighted by atomic mass is 10.0. The highest BCUT2D eigenvalue weighted by atomic mass is 32.2. The third kappa shape index (κ3) is 5.46. The predicted octanol–water partition coefficient (Wildman–Crippen LogP) is 3.02. The summed E-state index contributed by atoms with van der Waals surface area (Å²) >= 11 is 1.90. The van der Waals surface area contributed by atoms with Crippen LogP contribution in [0.4, 0.5) is 0 Å². The molecule has 0 aliphatic carbocycles. The van der Waals surface area contributed by atoms with Crippen molar-refractivity contribution >= 4 is 11.8 Å². The summed E-state index contributed by atoms with van der Waals surface area (Å²) in [6.45, 7) is 7.06. The minimum Gasteiger partial charge on any atom is -0.492 e. The average Bonchev–Trinajstić information content (AvgIpc) is 2.26. The Morgan fingerprint density at radius 2 is 2.18 bits per heavy atom. The molecule has 2 nitrogen and oxygen atoms in total. The first-order valence-electron chi connectivity index (χ1n) is 6.19. The van der Waals surface area contributed by atoms with E-state index in [9.17, 15) is 0 Å². The molecule has 0 aromatic heterocycles. The van der Waals surface area contributed by atoms with Gasteiger partial charge in [0.05, 0.1) is 6.61 Å².